The van der Waals surface area contributed by atoms with Crippen molar-refractivity contribution in [2.75, 3.05) is 0 Å². The van der Waals surface area contributed by atoms with Crippen LogP contribution in [0.2, 0.25) is 0 Å². The van der Waals surface area contributed by atoms with Crippen LogP contribution >= 0.6 is 11.9 Å². The van der Waals surface area contributed by atoms with E-state index in [-0.39, 0.29) is 5.75 Å². The third-order valence-electron chi connectivity index (χ3n) is 2.39. The summed E-state index contributed by atoms with van der Waals surface area (Å²) < 4.78 is 3.21. The largest absolute Gasteiger partial charge is 0.508 e. The average Bonchev–Trinajstić information content (AvgIpc) is 2.41. The fourth-order valence-electron chi connectivity index (χ4n) is 1.49. The van der Waals surface area contributed by atoms with Gasteiger partial charge in [-0.05, 0) is 47.8 Å². The Morgan fingerprint density at radius 1 is 1.17 bits per heavy atom. The average molecular weight is 259 g/mol. The highest BCUT2D eigenvalue weighted by Crippen LogP contribution is 2.18. The Balaban J connectivity index is 1.88. The second kappa shape index (κ2) is 6.23. The summed E-state index contributed by atoms with van der Waals surface area (Å²) in [6.07, 6.45) is 0.844. The molecule has 92 valence electrons. The second-order valence-corrected chi connectivity index (χ2v) is 4.74. The van der Waals surface area contributed by atoms with Crippen LogP contribution in [-0.2, 0) is 6.54 Å². The molecule has 0 aliphatic carbocycles. The van der Waals surface area contributed by atoms with Gasteiger partial charge in [0, 0.05) is 17.0 Å². The van der Waals surface area contributed by atoms with E-state index in [4.69, 9.17) is 5.11 Å². The van der Waals surface area contributed by atoms with Crippen molar-refractivity contribution in [1.29, 1.82) is 0 Å². The van der Waals surface area contributed by atoms with E-state index in [0.29, 0.717) is 12.1 Å². The van der Waals surface area contributed by atoms with Crippen molar-refractivity contribution < 1.29 is 9.90 Å². The van der Waals surface area contributed by atoms with Crippen LogP contribution in [0.1, 0.15) is 15.9 Å². The lowest BCUT2D eigenvalue weighted by Gasteiger charge is -2.05. The quantitative estimate of drug-likeness (QED) is 0.640. The van der Waals surface area contributed by atoms with Crippen molar-refractivity contribution in [2.45, 2.75) is 11.4 Å². The van der Waals surface area contributed by atoms with Crippen molar-refractivity contribution in [3.8, 4) is 5.75 Å². The van der Waals surface area contributed by atoms with E-state index in [1.807, 2.05) is 30.3 Å². The fourth-order valence-corrected chi connectivity index (χ4v) is 2.17. The second-order valence-electron chi connectivity index (χ2n) is 3.78. The molecule has 0 aliphatic rings. The van der Waals surface area contributed by atoms with E-state index in [1.54, 1.807) is 18.2 Å². The number of hydrogen-bond donors (Lipinski definition) is 2. The normalized spacial score (nSPS) is 10.2. The highest BCUT2D eigenvalue weighted by molar-refractivity contribution is 7.97. The van der Waals surface area contributed by atoms with Crippen LogP contribution in [0.25, 0.3) is 0 Å². The topological polar surface area (TPSA) is 49.3 Å². The Kier molecular flexibility index (Phi) is 4.39. The van der Waals surface area contributed by atoms with E-state index >= 15 is 0 Å². The van der Waals surface area contributed by atoms with Gasteiger partial charge in [-0.25, -0.2) is 0 Å². The summed E-state index contributed by atoms with van der Waals surface area (Å²) in [4.78, 5) is 11.7. The number of phenolic OH excluding ortho intramolecular Hbond substituents is 1. The maximum atomic E-state index is 10.6. The van der Waals surface area contributed by atoms with E-state index in [1.165, 1.54) is 11.9 Å². The monoisotopic (exact) mass is 259 g/mol. The van der Waals surface area contributed by atoms with Gasteiger partial charge in [0.25, 0.3) is 0 Å². The Bertz CT molecular complexity index is 526. The number of carbonyl (C=O) groups excluding carboxylic acids is 1. The molecular formula is C14H13NO2S. The molecule has 0 aromatic heterocycles. The highest BCUT2D eigenvalue weighted by Gasteiger charge is 1.97. The molecule has 0 atom stereocenters. The van der Waals surface area contributed by atoms with Crippen LogP contribution in [0.15, 0.2) is 53.4 Å². The number of carbonyl (C=O) groups is 1. The number of hydrogen-bond acceptors (Lipinski definition) is 4. The van der Waals surface area contributed by atoms with Crippen LogP contribution in [0.3, 0.4) is 0 Å². The SMILES string of the molecule is O=Cc1cccc(CNSc2ccc(O)cc2)c1. The lowest BCUT2D eigenvalue weighted by molar-refractivity contribution is 0.112. The van der Waals surface area contributed by atoms with Gasteiger partial charge in [0.15, 0.2) is 0 Å². The number of aromatic hydroxyl groups is 1. The molecule has 18 heavy (non-hydrogen) atoms. The van der Waals surface area contributed by atoms with Crippen LogP contribution < -0.4 is 4.72 Å². The molecule has 0 fully saturated rings. The van der Waals surface area contributed by atoms with Gasteiger partial charge in [-0.15, -0.1) is 0 Å². The molecule has 0 saturated heterocycles. The lowest BCUT2D eigenvalue weighted by atomic mass is 10.1. The molecule has 2 aromatic rings. The summed E-state index contributed by atoms with van der Waals surface area (Å²) in [5.41, 5.74) is 1.75. The van der Waals surface area contributed by atoms with Gasteiger partial charge < -0.3 is 5.11 Å². The predicted octanol–water partition coefficient (Wildman–Crippen LogP) is 3.00. The smallest absolute Gasteiger partial charge is 0.150 e. The summed E-state index contributed by atoms with van der Waals surface area (Å²) in [7, 11) is 0. The molecule has 4 heteroatoms. The Hall–Kier alpha value is -1.78. The number of benzene rings is 2. The summed E-state index contributed by atoms with van der Waals surface area (Å²) in [6, 6.07) is 14.5. The Morgan fingerprint density at radius 2 is 1.94 bits per heavy atom. The molecule has 3 nitrogen and oxygen atoms in total. The standard InChI is InChI=1S/C14H13NO2S/c16-10-12-3-1-2-11(8-12)9-15-18-14-6-4-13(17)5-7-14/h1-8,10,15,17H,9H2. The van der Waals surface area contributed by atoms with Gasteiger partial charge >= 0.3 is 0 Å². The first-order chi connectivity index (χ1) is 8.78. The predicted molar refractivity (Wildman–Crippen MR) is 72.6 cm³/mol. The van der Waals surface area contributed by atoms with Crippen LogP contribution in [0.5, 0.6) is 5.75 Å². The fraction of sp³-hybridized carbons (Fsp3) is 0.0714. The first-order valence-corrected chi connectivity index (χ1v) is 6.32. The van der Waals surface area contributed by atoms with Crippen molar-refractivity contribution in [3.63, 3.8) is 0 Å². The molecule has 2 rings (SSSR count). The van der Waals surface area contributed by atoms with Crippen LogP contribution in [-0.4, -0.2) is 11.4 Å². The minimum absolute atomic E-state index is 0.262. The molecule has 0 unspecified atom stereocenters. The maximum Gasteiger partial charge on any atom is 0.150 e. The van der Waals surface area contributed by atoms with Crippen molar-refractivity contribution >= 4 is 18.2 Å². The zero-order valence-electron chi connectivity index (χ0n) is 9.67. The molecule has 0 saturated carbocycles. The number of phenols is 1. The van der Waals surface area contributed by atoms with Gasteiger partial charge in [-0.1, -0.05) is 18.2 Å². The molecule has 2 N–H and O–H groups in total. The molecule has 0 radical (unpaired) electrons. The van der Waals surface area contributed by atoms with Crippen LogP contribution in [0, 0.1) is 0 Å². The third kappa shape index (κ3) is 3.61. The summed E-state index contributed by atoms with van der Waals surface area (Å²) in [6.45, 7) is 0.674. The maximum absolute atomic E-state index is 10.6. The van der Waals surface area contributed by atoms with E-state index in [0.717, 1.165) is 16.7 Å². The van der Waals surface area contributed by atoms with E-state index in [2.05, 4.69) is 4.72 Å². The Labute approximate surface area is 110 Å². The summed E-state index contributed by atoms with van der Waals surface area (Å²) >= 11 is 1.49. The molecule has 2 aromatic carbocycles. The third-order valence-corrected chi connectivity index (χ3v) is 3.19. The molecule has 0 amide bonds. The summed E-state index contributed by atoms with van der Waals surface area (Å²) in [5, 5.41) is 9.16. The van der Waals surface area contributed by atoms with E-state index < -0.39 is 0 Å². The highest BCUT2D eigenvalue weighted by atomic mass is 32.2. The molecular weight excluding hydrogens is 246 g/mol. The molecule has 0 bridgehead atoms. The summed E-state index contributed by atoms with van der Waals surface area (Å²) in [5.74, 6) is 0.262. The van der Waals surface area contributed by atoms with Crippen molar-refractivity contribution in [1.82, 2.24) is 4.72 Å². The van der Waals surface area contributed by atoms with Gasteiger partial charge in [-0.3, -0.25) is 9.52 Å². The zero-order valence-corrected chi connectivity index (χ0v) is 10.5. The van der Waals surface area contributed by atoms with Gasteiger partial charge in [0.1, 0.15) is 12.0 Å². The lowest BCUT2D eigenvalue weighted by Crippen LogP contribution is -2.03. The molecule has 0 spiro atoms. The molecule has 0 heterocycles. The first-order valence-electron chi connectivity index (χ1n) is 5.51. The van der Waals surface area contributed by atoms with Gasteiger partial charge in [-0.2, -0.15) is 0 Å². The number of nitrogens with one attached hydrogen (secondary N) is 1. The Morgan fingerprint density at radius 3 is 2.67 bits per heavy atom. The number of rotatable bonds is 5. The zero-order chi connectivity index (χ0) is 12.8. The minimum atomic E-state index is 0.262. The van der Waals surface area contributed by atoms with E-state index in [9.17, 15) is 4.79 Å². The van der Waals surface area contributed by atoms with Crippen molar-refractivity contribution in [2.24, 2.45) is 0 Å². The molecule has 0 aliphatic heterocycles. The van der Waals surface area contributed by atoms with Gasteiger partial charge in [0.2, 0.25) is 0 Å². The van der Waals surface area contributed by atoms with Gasteiger partial charge in [0.05, 0.1) is 0 Å². The van der Waals surface area contributed by atoms with Crippen molar-refractivity contribution in [3.05, 3.63) is 59.7 Å². The first kappa shape index (κ1) is 12.7. The number of aldehydes is 1. The van der Waals surface area contributed by atoms with Crippen LogP contribution in [0.4, 0.5) is 0 Å². The minimum Gasteiger partial charge on any atom is -0.508 e.